The lowest BCUT2D eigenvalue weighted by Crippen LogP contribution is -2.04. The fourth-order valence-corrected chi connectivity index (χ4v) is 2.42. The lowest BCUT2D eigenvalue weighted by atomic mass is 10.2. The zero-order valence-corrected chi connectivity index (χ0v) is 11.5. The first-order valence-corrected chi connectivity index (χ1v) is 6.63. The predicted molar refractivity (Wildman–Crippen MR) is 72.0 cm³/mol. The molecule has 0 amide bonds. The Labute approximate surface area is 110 Å². The minimum Gasteiger partial charge on any atom is -0.351 e. The molecule has 0 N–H and O–H groups in total. The maximum atomic E-state index is 12.1. The van der Waals surface area contributed by atoms with Gasteiger partial charge in [-0.3, -0.25) is 9.78 Å². The number of hydrogen-bond donors (Lipinski definition) is 0. The average molecular weight is 261 g/mol. The zero-order chi connectivity index (χ0) is 13.1. The molecule has 2 aromatic rings. The second-order valence-electron chi connectivity index (χ2n) is 4.10. The van der Waals surface area contributed by atoms with Gasteiger partial charge in [-0.05, 0) is 19.9 Å². The Kier molecular flexibility index (Phi) is 3.81. The van der Waals surface area contributed by atoms with E-state index in [9.17, 15) is 4.79 Å². The summed E-state index contributed by atoms with van der Waals surface area (Å²) in [7, 11) is 1.97. The van der Waals surface area contributed by atoms with Crippen molar-refractivity contribution in [3.05, 3.63) is 41.6 Å². The minimum atomic E-state index is 0.131. The molecule has 0 unspecified atom stereocenters. The van der Waals surface area contributed by atoms with Crippen molar-refractivity contribution >= 4 is 17.5 Å². The van der Waals surface area contributed by atoms with Crippen LogP contribution in [0.4, 0.5) is 0 Å². The molecular weight excluding hydrogens is 246 g/mol. The molecule has 2 aromatic heterocycles. The molecule has 5 heteroatoms. The molecule has 94 valence electrons. The summed E-state index contributed by atoms with van der Waals surface area (Å²) < 4.78 is 2.03. The topological polar surface area (TPSA) is 47.8 Å². The number of Topliss-reactive ketones (excluding diaryl/α,β-unsaturated/α-hetero) is 1. The van der Waals surface area contributed by atoms with E-state index in [4.69, 9.17) is 0 Å². The molecule has 2 heterocycles. The lowest BCUT2D eigenvalue weighted by molar-refractivity contribution is 0.102. The predicted octanol–water partition coefficient (Wildman–Crippen LogP) is 2.41. The quantitative estimate of drug-likeness (QED) is 0.626. The molecule has 0 fully saturated rings. The van der Waals surface area contributed by atoms with Crippen LogP contribution in [0.3, 0.4) is 0 Å². The van der Waals surface area contributed by atoms with Crippen LogP contribution in [0.25, 0.3) is 0 Å². The van der Waals surface area contributed by atoms with Crippen LogP contribution in [0, 0.1) is 13.8 Å². The van der Waals surface area contributed by atoms with Gasteiger partial charge in [0.15, 0.2) is 5.78 Å². The summed E-state index contributed by atoms with van der Waals surface area (Å²) in [5.41, 5.74) is 2.91. The van der Waals surface area contributed by atoms with Crippen LogP contribution < -0.4 is 0 Å². The minimum absolute atomic E-state index is 0.131. The van der Waals surface area contributed by atoms with Crippen molar-refractivity contribution in [2.45, 2.75) is 18.9 Å². The SMILES string of the molecule is Cc1cc(C(=O)CSc2cnccn2)c(C)n1C. The van der Waals surface area contributed by atoms with Crippen LogP contribution in [0.2, 0.25) is 0 Å². The Bertz CT molecular complexity index is 563. The molecule has 0 radical (unpaired) electrons. The lowest BCUT2D eigenvalue weighted by Gasteiger charge is -2.02. The van der Waals surface area contributed by atoms with E-state index in [0.29, 0.717) is 5.75 Å². The molecule has 0 aliphatic carbocycles. The summed E-state index contributed by atoms with van der Waals surface area (Å²) >= 11 is 1.41. The van der Waals surface area contributed by atoms with Gasteiger partial charge in [0.1, 0.15) is 5.03 Å². The van der Waals surface area contributed by atoms with Crippen LogP contribution in [-0.4, -0.2) is 26.1 Å². The molecule has 0 saturated heterocycles. The van der Waals surface area contributed by atoms with Crippen molar-refractivity contribution in [3.63, 3.8) is 0 Å². The second-order valence-corrected chi connectivity index (χ2v) is 5.09. The Balaban J connectivity index is 2.06. The number of thioether (sulfide) groups is 1. The summed E-state index contributed by atoms with van der Waals surface area (Å²) in [6.45, 7) is 3.97. The molecule has 0 aliphatic heterocycles. The highest BCUT2D eigenvalue weighted by molar-refractivity contribution is 7.99. The molecule has 4 nitrogen and oxygen atoms in total. The normalized spacial score (nSPS) is 10.6. The monoisotopic (exact) mass is 261 g/mol. The van der Waals surface area contributed by atoms with Gasteiger partial charge in [-0.1, -0.05) is 11.8 Å². The summed E-state index contributed by atoms with van der Waals surface area (Å²) in [5.74, 6) is 0.523. The molecule has 0 bridgehead atoms. The first-order chi connectivity index (χ1) is 8.59. The second kappa shape index (κ2) is 5.35. The number of carbonyl (C=O) groups excluding carboxylic acids is 1. The Morgan fingerprint density at radius 1 is 1.39 bits per heavy atom. The van der Waals surface area contributed by atoms with Crippen molar-refractivity contribution in [2.24, 2.45) is 7.05 Å². The summed E-state index contributed by atoms with van der Waals surface area (Å²) in [5, 5.41) is 0.774. The van der Waals surface area contributed by atoms with Crippen LogP contribution in [-0.2, 0) is 7.05 Å². The number of ketones is 1. The first-order valence-electron chi connectivity index (χ1n) is 5.64. The van der Waals surface area contributed by atoms with Gasteiger partial charge in [0.2, 0.25) is 0 Å². The summed E-state index contributed by atoms with van der Waals surface area (Å²) in [6, 6.07) is 1.94. The van der Waals surface area contributed by atoms with Gasteiger partial charge in [0.05, 0.1) is 11.9 Å². The third kappa shape index (κ3) is 2.61. The third-order valence-electron chi connectivity index (χ3n) is 2.97. The van der Waals surface area contributed by atoms with Gasteiger partial charge in [0, 0.05) is 36.4 Å². The smallest absolute Gasteiger partial charge is 0.174 e. The van der Waals surface area contributed by atoms with Crippen molar-refractivity contribution in [1.82, 2.24) is 14.5 Å². The highest BCUT2D eigenvalue weighted by Crippen LogP contribution is 2.19. The third-order valence-corrected chi connectivity index (χ3v) is 3.88. The maximum Gasteiger partial charge on any atom is 0.174 e. The molecule has 2 rings (SSSR count). The van der Waals surface area contributed by atoms with Crippen LogP contribution in [0.15, 0.2) is 29.7 Å². The van der Waals surface area contributed by atoms with Crippen LogP contribution in [0.1, 0.15) is 21.7 Å². The average Bonchev–Trinajstić information content (AvgIpc) is 2.65. The molecule has 0 aliphatic rings. The molecule has 0 aromatic carbocycles. The number of rotatable bonds is 4. The van der Waals surface area contributed by atoms with Crippen molar-refractivity contribution in [2.75, 3.05) is 5.75 Å². The molecule has 0 atom stereocenters. The van der Waals surface area contributed by atoms with Gasteiger partial charge in [0.25, 0.3) is 0 Å². The first kappa shape index (κ1) is 12.8. The van der Waals surface area contributed by atoms with Gasteiger partial charge in [-0.15, -0.1) is 0 Å². The van der Waals surface area contributed by atoms with Gasteiger partial charge >= 0.3 is 0 Å². The Morgan fingerprint density at radius 2 is 2.17 bits per heavy atom. The highest BCUT2D eigenvalue weighted by Gasteiger charge is 2.14. The van der Waals surface area contributed by atoms with Gasteiger partial charge in [-0.2, -0.15) is 0 Å². The van der Waals surface area contributed by atoms with E-state index < -0.39 is 0 Å². The standard InChI is InChI=1S/C13H15N3OS/c1-9-6-11(10(2)16(9)3)12(17)8-18-13-7-14-4-5-15-13/h4-7H,8H2,1-3H3. The van der Waals surface area contributed by atoms with E-state index in [1.54, 1.807) is 18.6 Å². The van der Waals surface area contributed by atoms with Crippen LogP contribution >= 0.6 is 11.8 Å². The fourth-order valence-electron chi connectivity index (χ4n) is 1.71. The molecule has 0 spiro atoms. The number of nitrogens with zero attached hydrogens (tertiary/aromatic N) is 3. The van der Waals surface area contributed by atoms with E-state index in [1.807, 2.05) is 31.5 Å². The maximum absolute atomic E-state index is 12.1. The molecular formula is C13H15N3OS. The van der Waals surface area contributed by atoms with Crippen molar-refractivity contribution in [3.8, 4) is 0 Å². The fraction of sp³-hybridized carbons (Fsp3) is 0.308. The van der Waals surface area contributed by atoms with Crippen molar-refractivity contribution < 1.29 is 4.79 Å². The summed E-state index contributed by atoms with van der Waals surface area (Å²) in [4.78, 5) is 20.2. The molecule has 18 heavy (non-hydrogen) atoms. The van der Waals surface area contributed by atoms with E-state index in [2.05, 4.69) is 9.97 Å². The number of hydrogen-bond acceptors (Lipinski definition) is 4. The highest BCUT2D eigenvalue weighted by atomic mass is 32.2. The number of aromatic nitrogens is 3. The van der Waals surface area contributed by atoms with E-state index in [1.165, 1.54) is 11.8 Å². The van der Waals surface area contributed by atoms with E-state index in [-0.39, 0.29) is 5.78 Å². The number of carbonyl (C=O) groups is 1. The van der Waals surface area contributed by atoms with Crippen LogP contribution in [0.5, 0.6) is 0 Å². The Hall–Kier alpha value is -1.62. The number of aryl methyl sites for hydroxylation is 1. The van der Waals surface area contributed by atoms with Gasteiger partial charge in [-0.25, -0.2) is 4.98 Å². The van der Waals surface area contributed by atoms with E-state index in [0.717, 1.165) is 22.0 Å². The summed E-state index contributed by atoms with van der Waals surface area (Å²) in [6.07, 6.45) is 4.92. The zero-order valence-electron chi connectivity index (χ0n) is 10.7. The molecule has 0 saturated carbocycles. The Morgan fingerprint density at radius 3 is 2.72 bits per heavy atom. The largest absolute Gasteiger partial charge is 0.351 e. The van der Waals surface area contributed by atoms with Gasteiger partial charge < -0.3 is 4.57 Å². The van der Waals surface area contributed by atoms with Crippen molar-refractivity contribution in [1.29, 1.82) is 0 Å². The van der Waals surface area contributed by atoms with E-state index >= 15 is 0 Å².